The number of amides is 1. The lowest BCUT2D eigenvalue weighted by Crippen LogP contribution is -2.53. The van der Waals surface area contributed by atoms with Gasteiger partial charge in [-0.15, -0.1) is 0 Å². The topological polar surface area (TPSA) is 109 Å². The molecule has 0 unspecified atom stereocenters. The number of likely N-dealkylation sites (tertiary alicyclic amines) is 1. The van der Waals surface area contributed by atoms with Crippen molar-refractivity contribution >= 4 is 39.1 Å². The Balaban J connectivity index is 1.29. The molecule has 0 radical (unpaired) electrons. The molecule has 1 saturated heterocycles. The number of nitrogens with one attached hydrogen (secondary N) is 2. The van der Waals surface area contributed by atoms with E-state index < -0.39 is 22.1 Å². The first-order valence-electron chi connectivity index (χ1n) is 15.9. The molecule has 16 heteroatoms. The minimum absolute atomic E-state index is 0.00684. The van der Waals surface area contributed by atoms with E-state index >= 15 is 0 Å². The average Bonchev–Trinajstić information content (AvgIpc) is 3.39. The molecule has 0 aromatic heterocycles. The number of ether oxygens (including phenoxy) is 3. The maximum Gasteiger partial charge on any atom is 0.471 e. The molecule has 1 aliphatic carbocycles. The number of hydrogen-bond acceptors (Lipinski definition) is 8. The first kappa shape index (κ1) is 38.6. The van der Waals surface area contributed by atoms with Gasteiger partial charge in [0.1, 0.15) is 11.9 Å². The highest BCUT2D eigenvalue weighted by Crippen LogP contribution is 2.43. The number of hydrogen-bond donors (Lipinski definition) is 2. The number of likely N-dealkylation sites (N-methyl/N-ethyl adjacent to an activating group) is 1. The molecule has 2 aliphatic rings. The lowest BCUT2D eigenvalue weighted by molar-refractivity contribution is -0.173. The van der Waals surface area contributed by atoms with Crippen LogP contribution in [0.25, 0.3) is 0 Å². The smallest absolute Gasteiger partial charge is 0.471 e. The zero-order valence-electron chi connectivity index (χ0n) is 27.2. The molecule has 48 heavy (non-hydrogen) atoms. The number of sulfonamides is 1. The van der Waals surface area contributed by atoms with E-state index in [2.05, 4.69) is 35.4 Å². The van der Waals surface area contributed by atoms with Gasteiger partial charge < -0.3 is 19.5 Å². The molecule has 0 spiro atoms. The van der Waals surface area contributed by atoms with Crippen LogP contribution in [0.5, 0.6) is 5.75 Å². The summed E-state index contributed by atoms with van der Waals surface area (Å²) in [7, 11) is -1.67. The summed E-state index contributed by atoms with van der Waals surface area (Å²) >= 11 is 13.1. The van der Waals surface area contributed by atoms with E-state index in [9.17, 15) is 26.4 Å². The highest BCUT2D eigenvalue weighted by Gasteiger charge is 2.42. The van der Waals surface area contributed by atoms with Gasteiger partial charge in [0, 0.05) is 47.3 Å². The monoisotopic (exact) mass is 738 g/mol. The maximum absolute atomic E-state index is 12.9. The zero-order chi connectivity index (χ0) is 35.1. The van der Waals surface area contributed by atoms with Gasteiger partial charge in [0.15, 0.2) is 0 Å². The summed E-state index contributed by atoms with van der Waals surface area (Å²) in [6, 6.07) is 10.8. The Morgan fingerprint density at radius 2 is 1.73 bits per heavy atom. The second kappa shape index (κ2) is 17.2. The predicted octanol–water partition coefficient (Wildman–Crippen LogP) is 4.83. The first-order chi connectivity index (χ1) is 22.7. The van der Waals surface area contributed by atoms with Crippen LogP contribution in [0.15, 0.2) is 41.3 Å². The van der Waals surface area contributed by atoms with Gasteiger partial charge in [-0.2, -0.15) is 13.2 Å². The molecule has 2 N–H and O–H groups in total. The van der Waals surface area contributed by atoms with Crippen LogP contribution in [-0.4, -0.2) is 108 Å². The molecule has 1 aliphatic heterocycles. The summed E-state index contributed by atoms with van der Waals surface area (Å²) in [5, 5.41) is 2.83. The van der Waals surface area contributed by atoms with Crippen molar-refractivity contribution in [3.05, 3.63) is 57.6 Å². The molecule has 3 atom stereocenters. The number of carbonyl (C=O) groups is 1. The van der Waals surface area contributed by atoms with Crippen molar-refractivity contribution in [3.63, 3.8) is 0 Å². The Labute approximate surface area is 290 Å². The van der Waals surface area contributed by atoms with Gasteiger partial charge in [0.25, 0.3) is 0 Å². The molecule has 1 amide bonds. The number of rotatable bonds is 16. The molecule has 0 bridgehead atoms. The fraction of sp³-hybridized carbons (Fsp3) is 0.594. The predicted molar refractivity (Wildman–Crippen MR) is 177 cm³/mol. The molecule has 10 nitrogen and oxygen atoms in total. The Hall–Kier alpha value is -2.17. The van der Waals surface area contributed by atoms with E-state index in [1.165, 1.54) is 12.1 Å². The Kier molecular flexibility index (Phi) is 13.8. The van der Waals surface area contributed by atoms with Crippen molar-refractivity contribution in [2.24, 2.45) is 0 Å². The Morgan fingerprint density at radius 1 is 1.06 bits per heavy atom. The standard InChI is InChI=1S/C32H43Cl2F3N4O6S/c1-21(2)40(3)23-5-4-12-41(20-23)29-19-26-27(17-22(33)18-28(26)34)30(29)47-24-6-8-25(9-7-24)48(43,44)39-11-14-46-16-15-45-13-10-38-31(42)32(35,36)37/h6-9,17-18,21,23,29-30,39H,4-5,10-16,19-20H2,1-3H3,(H,38,42)/t23-,29+,30+/m1/s1. The fourth-order valence-electron chi connectivity index (χ4n) is 5.95. The molecular formula is C32H43Cl2F3N4O6S. The number of nitrogens with zero attached hydrogens (tertiary/aromatic N) is 2. The van der Waals surface area contributed by atoms with E-state index in [0.717, 1.165) is 43.5 Å². The Morgan fingerprint density at radius 3 is 2.38 bits per heavy atom. The van der Waals surface area contributed by atoms with Gasteiger partial charge in [-0.25, -0.2) is 13.1 Å². The third-order valence-corrected chi connectivity index (χ3v) is 10.7. The fourth-order valence-corrected chi connectivity index (χ4v) is 7.55. The quantitative estimate of drug-likeness (QED) is 0.236. The van der Waals surface area contributed by atoms with Gasteiger partial charge in [0.2, 0.25) is 10.0 Å². The largest absolute Gasteiger partial charge is 0.484 e. The number of piperidine rings is 1. The second-order valence-electron chi connectivity index (χ2n) is 12.2. The third kappa shape index (κ3) is 10.4. The number of carbonyl (C=O) groups excluding carboxylic acids is 1. The van der Waals surface area contributed by atoms with Gasteiger partial charge in [-0.1, -0.05) is 23.2 Å². The van der Waals surface area contributed by atoms with Gasteiger partial charge in [-0.05, 0) is 88.7 Å². The van der Waals surface area contributed by atoms with Gasteiger partial charge in [0.05, 0.1) is 37.4 Å². The molecular weight excluding hydrogens is 696 g/mol. The van der Waals surface area contributed by atoms with Crippen molar-refractivity contribution in [1.29, 1.82) is 0 Å². The highest BCUT2D eigenvalue weighted by atomic mass is 35.5. The van der Waals surface area contributed by atoms with Crippen molar-refractivity contribution in [2.45, 2.75) is 68.4 Å². The van der Waals surface area contributed by atoms with Gasteiger partial charge >= 0.3 is 12.1 Å². The third-order valence-electron chi connectivity index (χ3n) is 8.65. The normalized spacial score (nSPS) is 20.3. The summed E-state index contributed by atoms with van der Waals surface area (Å²) < 4.78 is 81.6. The van der Waals surface area contributed by atoms with E-state index in [1.807, 2.05) is 6.07 Å². The van der Waals surface area contributed by atoms with Gasteiger partial charge in [-0.3, -0.25) is 14.6 Å². The van der Waals surface area contributed by atoms with Crippen molar-refractivity contribution < 1.29 is 40.6 Å². The van der Waals surface area contributed by atoms with Crippen LogP contribution < -0.4 is 14.8 Å². The summed E-state index contributed by atoms with van der Waals surface area (Å²) in [4.78, 5) is 15.7. The lowest BCUT2D eigenvalue weighted by Gasteiger charge is -2.43. The molecule has 2 aromatic carbocycles. The van der Waals surface area contributed by atoms with Crippen LogP contribution in [0.1, 0.15) is 43.9 Å². The van der Waals surface area contributed by atoms with Crippen molar-refractivity contribution in [3.8, 4) is 5.75 Å². The van der Waals surface area contributed by atoms with Crippen molar-refractivity contribution in [2.75, 3.05) is 59.7 Å². The zero-order valence-corrected chi connectivity index (χ0v) is 29.5. The van der Waals surface area contributed by atoms with Crippen LogP contribution in [-0.2, 0) is 30.7 Å². The van der Waals surface area contributed by atoms with E-state index in [0.29, 0.717) is 27.9 Å². The Bertz CT molecular complexity index is 1480. The molecule has 0 saturated carbocycles. The van der Waals surface area contributed by atoms with Crippen LogP contribution in [0.2, 0.25) is 10.0 Å². The van der Waals surface area contributed by atoms with E-state index in [1.54, 1.807) is 23.5 Å². The van der Waals surface area contributed by atoms with Crippen LogP contribution >= 0.6 is 23.2 Å². The maximum atomic E-state index is 12.9. The summed E-state index contributed by atoms with van der Waals surface area (Å²) in [6.45, 7) is 6.03. The van der Waals surface area contributed by atoms with Crippen LogP contribution in [0, 0.1) is 0 Å². The minimum atomic E-state index is -4.94. The SMILES string of the molecule is CC(C)N(C)[C@@H]1CCCN([C@H]2Cc3c(Cl)cc(Cl)cc3[C@@H]2Oc2ccc(S(=O)(=O)NCCOCCOCCNC(=O)C(F)(F)F)cc2)C1. The molecule has 1 fully saturated rings. The van der Waals surface area contributed by atoms with Crippen LogP contribution in [0.3, 0.4) is 0 Å². The molecule has 1 heterocycles. The number of alkyl halides is 3. The highest BCUT2D eigenvalue weighted by molar-refractivity contribution is 7.89. The second-order valence-corrected chi connectivity index (χ2v) is 14.8. The first-order valence-corrected chi connectivity index (χ1v) is 18.1. The number of benzene rings is 2. The summed E-state index contributed by atoms with van der Waals surface area (Å²) in [5.41, 5.74) is 1.95. The van der Waals surface area contributed by atoms with Crippen LogP contribution in [0.4, 0.5) is 13.2 Å². The van der Waals surface area contributed by atoms with Crippen molar-refractivity contribution in [1.82, 2.24) is 19.8 Å². The lowest BCUT2D eigenvalue weighted by atomic mass is 9.99. The number of fused-ring (bicyclic) bond motifs is 1. The minimum Gasteiger partial charge on any atom is -0.484 e. The van der Waals surface area contributed by atoms with E-state index in [4.69, 9.17) is 37.4 Å². The average molecular weight is 740 g/mol. The molecule has 268 valence electrons. The van der Waals surface area contributed by atoms with E-state index in [-0.39, 0.29) is 56.6 Å². The molecule has 2 aromatic rings. The summed E-state index contributed by atoms with van der Waals surface area (Å²) in [6.07, 6.45) is -2.36. The summed E-state index contributed by atoms with van der Waals surface area (Å²) in [5.74, 6) is -1.51. The molecule has 4 rings (SSSR count). The number of halogens is 5.